The highest BCUT2D eigenvalue weighted by Gasteiger charge is 2.06. The third kappa shape index (κ3) is 3.27. The van der Waals surface area contributed by atoms with Gasteiger partial charge in [0.15, 0.2) is 6.29 Å². The number of aldehydes is 1. The summed E-state index contributed by atoms with van der Waals surface area (Å²) in [6, 6.07) is 4.91. The third-order valence-electron chi connectivity index (χ3n) is 2.01. The van der Waals surface area contributed by atoms with Crippen LogP contribution in [0.1, 0.15) is 23.2 Å². The van der Waals surface area contributed by atoms with Gasteiger partial charge >= 0.3 is 5.97 Å². The molecule has 0 amide bonds. The van der Waals surface area contributed by atoms with Crippen LogP contribution in [0.25, 0.3) is 0 Å². The maximum absolute atomic E-state index is 10.7. The Kier molecular flexibility index (Phi) is 4.32. The van der Waals surface area contributed by atoms with E-state index in [4.69, 9.17) is 15.6 Å². The molecule has 0 aliphatic rings. The number of rotatable bonds is 6. The maximum Gasteiger partial charge on any atom is 0.303 e. The fraction of sp³-hybridized carbons (Fsp3) is 0.273. The molecule has 0 aliphatic heterocycles. The first-order chi connectivity index (χ1) is 7.65. The Morgan fingerprint density at radius 2 is 2.25 bits per heavy atom. The number of hydrogen-bond donors (Lipinski definition) is 2. The zero-order chi connectivity index (χ0) is 12.0. The van der Waals surface area contributed by atoms with Crippen LogP contribution in [-0.2, 0) is 4.79 Å². The van der Waals surface area contributed by atoms with Gasteiger partial charge in [0.1, 0.15) is 5.75 Å². The van der Waals surface area contributed by atoms with E-state index < -0.39 is 5.97 Å². The van der Waals surface area contributed by atoms with Crippen LogP contribution >= 0.6 is 0 Å². The molecule has 16 heavy (non-hydrogen) atoms. The van der Waals surface area contributed by atoms with Crippen LogP contribution in [-0.4, -0.2) is 24.0 Å². The van der Waals surface area contributed by atoms with Gasteiger partial charge in [-0.25, -0.2) is 0 Å². The van der Waals surface area contributed by atoms with Crippen molar-refractivity contribution in [1.82, 2.24) is 0 Å². The largest absolute Gasteiger partial charge is 0.493 e. The SMILES string of the molecule is Nc1cccc(OCCCC(=O)O)c1C=O. The van der Waals surface area contributed by atoms with Gasteiger partial charge in [0, 0.05) is 12.1 Å². The molecule has 0 spiro atoms. The standard InChI is InChI=1S/C11H13NO4/c12-9-3-1-4-10(8(9)7-13)16-6-2-5-11(14)15/h1,3-4,7H,2,5-6,12H2,(H,14,15). The second-order valence-corrected chi connectivity index (χ2v) is 3.22. The fourth-order valence-corrected chi connectivity index (χ4v) is 1.22. The van der Waals surface area contributed by atoms with Crippen LogP contribution in [0, 0.1) is 0 Å². The summed E-state index contributed by atoms with van der Waals surface area (Å²) in [5, 5.41) is 8.42. The van der Waals surface area contributed by atoms with Crippen molar-refractivity contribution in [3.8, 4) is 5.75 Å². The monoisotopic (exact) mass is 223 g/mol. The van der Waals surface area contributed by atoms with Crippen molar-refractivity contribution >= 4 is 17.9 Å². The van der Waals surface area contributed by atoms with E-state index in [0.29, 0.717) is 29.7 Å². The number of hydrogen-bond acceptors (Lipinski definition) is 4. The van der Waals surface area contributed by atoms with Crippen LogP contribution in [0.3, 0.4) is 0 Å². The van der Waals surface area contributed by atoms with E-state index in [2.05, 4.69) is 0 Å². The Hall–Kier alpha value is -2.04. The zero-order valence-electron chi connectivity index (χ0n) is 8.68. The first kappa shape index (κ1) is 12.0. The molecule has 0 unspecified atom stereocenters. The third-order valence-corrected chi connectivity index (χ3v) is 2.01. The Morgan fingerprint density at radius 1 is 1.50 bits per heavy atom. The summed E-state index contributed by atoms with van der Waals surface area (Å²) in [4.78, 5) is 21.0. The molecule has 3 N–H and O–H groups in total. The second kappa shape index (κ2) is 5.75. The van der Waals surface area contributed by atoms with Gasteiger partial charge in [0.25, 0.3) is 0 Å². The number of carbonyl (C=O) groups excluding carboxylic acids is 1. The van der Waals surface area contributed by atoms with E-state index in [1.54, 1.807) is 18.2 Å². The number of anilines is 1. The molecule has 0 saturated carbocycles. The van der Waals surface area contributed by atoms with Crippen LogP contribution in [0.5, 0.6) is 5.75 Å². The molecule has 5 heteroatoms. The average molecular weight is 223 g/mol. The number of ether oxygens (including phenoxy) is 1. The summed E-state index contributed by atoms with van der Waals surface area (Å²) in [5.41, 5.74) is 6.24. The summed E-state index contributed by atoms with van der Waals surface area (Å²) in [5.74, 6) is -0.479. The van der Waals surface area contributed by atoms with Crippen LogP contribution in [0.15, 0.2) is 18.2 Å². The molecular formula is C11H13NO4. The summed E-state index contributed by atoms with van der Waals surface area (Å²) in [6.45, 7) is 0.247. The number of aliphatic carboxylic acids is 1. The van der Waals surface area contributed by atoms with Crippen molar-refractivity contribution in [2.45, 2.75) is 12.8 Å². The smallest absolute Gasteiger partial charge is 0.303 e. The van der Waals surface area contributed by atoms with Gasteiger partial charge in [-0.15, -0.1) is 0 Å². The van der Waals surface area contributed by atoms with Gasteiger partial charge < -0.3 is 15.6 Å². The number of carboxylic acids is 1. The van der Waals surface area contributed by atoms with E-state index in [1.807, 2.05) is 0 Å². The van der Waals surface area contributed by atoms with Crippen LogP contribution in [0.4, 0.5) is 5.69 Å². The van der Waals surface area contributed by atoms with Crippen molar-refractivity contribution in [2.75, 3.05) is 12.3 Å². The molecular weight excluding hydrogens is 210 g/mol. The van der Waals surface area contributed by atoms with Crippen molar-refractivity contribution < 1.29 is 19.4 Å². The Labute approximate surface area is 92.8 Å². The molecule has 0 heterocycles. The van der Waals surface area contributed by atoms with Gasteiger partial charge in [0.2, 0.25) is 0 Å². The zero-order valence-corrected chi connectivity index (χ0v) is 8.68. The number of carbonyl (C=O) groups is 2. The molecule has 0 radical (unpaired) electrons. The predicted molar refractivity (Wildman–Crippen MR) is 58.6 cm³/mol. The molecule has 1 rings (SSSR count). The number of nitrogen functional groups attached to an aromatic ring is 1. The second-order valence-electron chi connectivity index (χ2n) is 3.22. The number of benzene rings is 1. The van der Waals surface area contributed by atoms with Gasteiger partial charge in [-0.05, 0) is 18.6 Å². The van der Waals surface area contributed by atoms with Crippen molar-refractivity contribution in [3.05, 3.63) is 23.8 Å². The summed E-state index contributed by atoms with van der Waals surface area (Å²) < 4.78 is 5.28. The van der Waals surface area contributed by atoms with Gasteiger partial charge in [-0.3, -0.25) is 9.59 Å². The molecule has 0 fully saturated rings. The topological polar surface area (TPSA) is 89.6 Å². The molecule has 0 aromatic heterocycles. The normalized spacial score (nSPS) is 9.75. The first-order valence-electron chi connectivity index (χ1n) is 4.83. The van der Waals surface area contributed by atoms with Gasteiger partial charge in [-0.1, -0.05) is 6.07 Å². The minimum Gasteiger partial charge on any atom is -0.493 e. The van der Waals surface area contributed by atoms with E-state index in [9.17, 15) is 9.59 Å². The highest BCUT2D eigenvalue weighted by Crippen LogP contribution is 2.22. The lowest BCUT2D eigenvalue weighted by atomic mass is 10.2. The molecule has 0 atom stereocenters. The minimum absolute atomic E-state index is 0.0404. The highest BCUT2D eigenvalue weighted by molar-refractivity contribution is 5.87. The summed E-state index contributed by atoms with van der Waals surface area (Å²) in [7, 11) is 0. The molecule has 5 nitrogen and oxygen atoms in total. The lowest BCUT2D eigenvalue weighted by molar-refractivity contribution is -0.137. The van der Waals surface area contributed by atoms with Crippen molar-refractivity contribution in [2.24, 2.45) is 0 Å². The van der Waals surface area contributed by atoms with E-state index in [-0.39, 0.29) is 13.0 Å². The quantitative estimate of drug-likeness (QED) is 0.431. The van der Waals surface area contributed by atoms with Gasteiger partial charge in [-0.2, -0.15) is 0 Å². The first-order valence-corrected chi connectivity index (χ1v) is 4.83. The predicted octanol–water partition coefficient (Wildman–Crippen LogP) is 1.32. The van der Waals surface area contributed by atoms with Crippen molar-refractivity contribution in [1.29, 1.82) is 0 Å². The van der Waals surface area contributed by atoms with E-state index >= 15 is 0 Å². The minimum atomic E-state index is -0.869. The lowest BCUT2D eigenvalue weighted by Gasteiger charge is -2.08. The average Bonchev–Trinajstić information content (AvgIpc) is 2.24. The number of nitrogens with two attached hydrogens (primary N) is 1. The maximum atomic E-state index is 10.7. The fourth-order valence-electron chi connectivity index (χ4n) is 1.22. The lowest BCUT2D eigenvalue weighted by Crippen LogP contribution is -2.04. The summed E-state index contributed by atoms with van der Waals surface area (Å²) in [6.07, 6.45) is 1.06. The van der Waals surface area contributed by atoms with Crippen LogP contribution in [0.2, 0.25) is 0 Å². The number of carboxylic acid groups (broad SMARTS) is 1. The van der Waals surface area contributed by atoms with Crippen molar-refractivity contribution in [3.63, 3.8) is 0 Å². The molecule has 1 aromatic rings. The Balaban J connectivity index is 2.56. The molecule has 1 aromatic carbocycles. The molecule has 86 valence electrons. The van der Waals surface area contributed by atoms with E-state index in [0.717, 1.165) is 0 Å². The Morgan fingerprint density at radius 3 is 2.88 bits per heavy atom. The van der Waals surface area contributed by atoms with E-state index in [1.165, 1.54) is 0 Å². The highest BCUT2D eigenvalue weighted by atomic mass is 16.5. The summed E-state index contributed by atoms with van der Waals surface area (Å²) >= 11 is 0. The molecule has 0 aliphatic carbocycles. The van der Waals surface area contributed by atoms with Crippen LogP contribution < -0.4 is 10.5 Å². The van der Waals surface area contributed by atoms with Gasteiger partial charge in [0.05, 0.1) is 12.2 Å². The molecule has 0 saturated heterocycles. The Bertz CT molecular complexity index is 390. The molecule has 0 bridgehead atoms.